The number of amides is 1. The van der Waals surface area contributed by atoms with Crippen LogP contribution in [-0.4, -0.2) is 21.9 Å². The number of hydrogen-bond donors (Lipinski definition) is 1. The van der Waals surface area contributed by atoms with Crippen molar-refractivity contribution in [3.05, 3.63) is 58.8 Å². The van der Waals surface area contributed by atoms with Gasteiger partial charge in [0.2, 0.25) is 11.8 Å². The topological polar surface area (TPSA) is 68.0 Å². The van der Waals surface area contributed by atoms with Crippen molar-refractivity contribution in [1.29, 1.82) is 0 Å². The Balaban J connectivity index is 1.61. The molecule has 24 heavy (non-hydrogen) atoms. The summed E-state index contributed by atoms with van der Waals surface area (Å²) in [5.74, 6) is -0.443. The SMILES string of the molecule is O=C(CSc1nnc(-c2ccccc2Br)o1)Nc1ccccc1F. The van der Waals surface area contributed by atoms with Crippen molar-refractivity contribution in [1.82, 2.24) is 10.2 Å². The van der Waals surface area contributed by atoms with Crippen LogP contribution in [-0.2, 0) is 4.79 Å². The van der Waals surface area contributed by atoms with Gasteiger partial charge < -0.3 is 9.73 Å². The Labute approximate surface area is 149 Å². The van der Waals surface area contributed by atoms with Crippen molar-refractivity contribution in [3.8, 4) is 11.5 Å². The van der Waals surface area contributed by atoms with Crippen LogP contribution in [0.15, 0.2) is 62.6 Å². The van der Waals surface area contributed by atoms with E-state index in [1.807, 2.05) is 24.3 Å². The van der Waals surface area contributed by atoms with Gasteiger partial charge in [-0.1, -0.05) is 36.0 Å². The van der Waals surface area contributed by atoms with Crippen LogP contribution in [0.1, 0.15) is 0 Å². The maximum Gasteiger partial charge on any atom is 0.277 e. The summed E-state index contributed by atoms with van der Waals surface area (Å²) in [6.45, 7) is 0. The standard InChI is InChI=1S/C16H11BrFN3O2S/c17-11-6-2-1-5-10(11)15-20-21-16(23-15)24-9-14(22)19-13-8-4-3-7-12(13)18/h1-8H,9H2,(H,19,22). The summed E-state index contributed by atoms with van der Waals surface area (Å²) < 4.78 is 19.8. The summed E-state index contributed by atoms with van der Waals surface area (Å²) in [5, 5.41) is 10.6. The second-order valence-electron chi connectivity index (χ2n) is 4.67. The maximum atomic E-state index is 13.5. The molecule has 0 aliphatic heterocycles. The first-order chi connectivity index (χ1) is 11.6. The Morgan fingerprint density at radius 3 is 2.71 bits per heavy atom. The number of carbonyl (C=O) groups is 1. The second kappa shape index (κ2) is 7.59. The van der Waals surface area contributed by atoms with Crippen molar-refractivity contribution in [2.45, 2.75) is 5.22 Å². The fraction of sp³-hybridized carbons (Fsp3) is 0.0625. The Hall–Kier alpha value is -2.19. The van der Waals surface area contributed by atoms with E-state index < -0.39 is 5.82 Å². The molecule has 1 N–H and O–H groups in total. The van der Waals surface area contributed by atoms with E-state index in [0.29, 0.717) is 5.89 Å². The Kier molecular flexibility index (Phi) is 5.27. The minimum absolute atomic E-state index is 0.0337. The molecule has 5 nitrogen and oxygen atoms in total. The highest BCUT2D eigenvalue weighted by atomic mass is 79.9. The largest absolute Gasteiger partial charge is 0.411 e. The fourth-order valence-electron chi connectivity index (χ4n) is 1.89. The van der Waals surface area contributed by atoms with Crippen LogP contribution in [0.25, 0.3) is 11.5 Å². The Bertz CT molecular complexity index is 872. The first-order valence-electron chi connectivity index (χ1n) is 6.89. The summed E-state index contributed by atoms with van der Waals surface area (Å²) in [7, 11) is 0. The van der Waals surface area contributed by atoms with Gasteiger partial charge in [-0.25, -0.2) is 4.39 Å². The van der Waals surface area contributed by atoms with Crippen LogP contribution in [0.4, 0.5) is 10.1 Å². The summed E-state index contributed by atoms with van der Waals surface area (Å²) in [5.41, 5.74) is 0.912. The normalized spacial score (nSPS) is 10.6. The maximum absolute atomic E-state index is 13.5. The molecule has 122 valence electrons. The molecule has 0 atom stereocenters. The Morgan fingerprint density at radius 1 is 1.17 bits per heavy atom. The van der Waals surface area contributed by atoms with Crippen molar-refractivity contribution < 1.29 is 13.6 Å². The molecule has 1 amide bonds. The molecular formula is C16H11BrFN3O2S. The van der Waals surface area contributed by atoms with E-state index in [1.54, 1.807) is 12.1 Å². The molecule has 0 saturated carbocycles. The molecule has 1 heterocycles. The van der Waals surface area contributed by atoms with Crippen molar-refractivity contribution >= 4 is 39.3 Å². The van der Waals surface area contributed by atoms with E-state index in [9.17, 15) is 9.18 Å². The van der Waals surface area contributed by atoms with Gasteiger partial charge in [0.15, 0.2) is 0 Å². The number of aromatic nitrogens is 2. The average Bonchev–Trinajstić information content (AvgIpc) is 3.04. The number of hydrogen-bond acceptors (Lipinski definition) is 5. The van der Waals surface area contributed by atoms with Gasteiger partial charge >= 0.3 is 0 Å². The molecule has 0 fully saturated rings. The highest BCUT2D eigenvalue weighted by molar-refractivity contribution is 9.10. The number of benzene rings is 2. The summed E-state index contributed by atoms with van der Waals surface area (Å²) in [6.07, 6.45) is 0. The highest BCUT2D eigenvalue weighted by Crippen LogP contribution is 2.29. The van der Waals surface area contributed by atoms with E-state index in [1.165, 1.54) is 12.1 Å². The first kappa shape index (κ1) is 16.7. The molecule has 2 aromatic carbocycles. The van der Waals surface area contributed by atoms with Crippen LogP contribution in [0.5, 0.6) is 0 Å². The molecule has 0 radical (unpaired) electrons. The molecule has 0 aliphatic rings. The second-order valence-corrected chi connectivity index (χ2v) is 6.45. The smallest absolute Gasteiger partial charge is 0.277 e. The minimum Gasteiger partial charge on any atom is -0.411 e. The van der Waals surface area contributed by atoms with Crippen LogP contribution in [0, 0.1) is 5.82 Å². The predicted molar refractivity (Wildman–Crippen MR) is 93.2 cm³/mol. The van der Waals surface area contributed by atoms with Crippen molar-refractivity contribution in [2.24, 2.45) is 0 Å². The monoisotopic (exact) mass is 407 g/mol. The summed E-state index contributed by atoms with van der Waals surface area (Å²) >= 11 is 4.50. The molecule has 1 aromatic heterocycles. The molecule has 3 aromatic rings. The number of nitrogens with zero attached hydrogens (tertiary/aromatic N) is 2. The van der Waals surface area contributed by atoms with Gasteiger partial charge in [-0.15, -0.1) is 10.2 Å². The number of nitrogens with one attached hydrogen (secondary N) is 1. The molecular weight excluding hydrogens is 397 g/mol. The number of halogens is 2. The van der Waals surface area contributed by atoms with Gasteiger partial charge in [0, 0.05) is 4.47 Å². The van der Waals surface area contributed by atoms with Gasteiger partial charge in [-0.2, -0.15) is 0 Å². The lowest BCUT2D eigenvalue weighted by Gasteiger charge is -2.04. The molecule has 0 unspecified atom stereocenters. The molecule has 0 spiro atoms. The van der Waals surface area contributed by atoms with E-state index in [-0.39, 0.29) is 22.6 Å². The minimum atomic E-state index is -0.482. The first-order valence-corrected chi connectivity index (χ1v) is 8.67. The van der Waals surface area contributed by atoms with Crippen LogP contribution in [0.2, 0.25) is 0 Å². The predicted octanol–water partition coefficient (Wildman–Crippen LogP) is 4.37. The van der Waals surface area contributed by atoms with Crippen molar-refractivity contribution in [3.63, 3.8) is 0 Å². The number of anilines is 1. The lowest BCUT2D eigenvalue weighted by atomic mass is 10.2. The van der Waals surface area contributed by atoms with E-state index in [2.05, 4.69) is 31.4 Å². The van der Waals surface area contributed by atoms with Crippen LogP contribution < -0.4 is 5.32 Å². The number of rotatable bonds is 5. The lowest BCUT2D eigenvalue weighted by molar-refractivity contribution is -0.113. The van der Waals surface area contributed by atoms with Crippen LogP contribution in [0.3, 0.4) is 0 Å². The third-order valence-electron chi connectivity index (χ3n) is 2.99. The molecule has 0 bridgehead atoms. The van der Waals surface area contributed by atoms with Gasteiger partial charge in [-0.05, 0) is 40.2 Å². The zero-order valence-corrected chi connectivity index (χ0v) is 14.6. The fourth-order valence-corrected chi connectivity index (χ4v) is 2.91. The molecule has 3 rings (SSSR count). The van der Waals surface area contributed by atoms with Gasteiger partial charge in [0.05, 0.1) is 17.0 Å². The van der Waals surface area contributed by atoms with Gasteiger partial charge in [-0.3, -0.25) is 4.79 Å². The number of carbonyl (C=O) groups excluding carboxylic acids is 1. The third kappa shape index (κ3) is 4.01. The molecule has 0 aliphatic carbocycles. The quantitative estimate of drug-likeness (QED) is 0.635. The zero-order chi connectivity index (χ0) is 16.9. The van der Waals surface area contributed by atoms with Crippen molar-refractivity contribution in [2.75, 3.05) is 11.1 Å². The summed E-state index contributed by atoms with van der Waals surface area (Å²) in [6, 6.07) is 13.4. The summed E-state index contributed by atoms with van der Waals surface area (Å²) in [4.78, 5) is 11.9. The van der Waals surface area contributed by atoms with E-state index in [0.717, 1.165) is 21.8 Å². The Morgan fingerprint density at radius 2 is 1.92 bits per heavy atom. The number of para-hydroxylation sites is 1. The third-order valence-corrected chi connectivity index (χ3v) is 4.50. The lowest BCUT2D eigenvalue weighted by Crippen LogP contribution is -2.14. The zero-order valence-electron chi connectivity index (χ0n) is 12.2. The van der Waals surface area contributed by atoms with E-state index >= 15 is 0 Å². The number of thioether (sulfide) groups is 1. The van der Waals surface area contributed by atoms with Gasteiger partial charge in [0.1, 0.15) is 5.82 Å². The average molecular weight is 408 g/mol. The molecule has 0 saturated heterocycles. The molecule has 8 heteroatoms. The van der Waals surface area contributed by atoms with E-state index in [4.69, 9.17) is 4.42 Å². The van der Waals surface area contributed by atoms with Crippen LogP contribution >= 0.6 is 27.7 Å². The highest BCUT2D eigenvalue weighted by Gasteiger charge is 2.13. The van der Waals surface area contributed by atoms with Gasteiger partial charge in [0.25, 0.3) is 5.22 Å².